The van der Waals surface area contributed by atoms with Crippen LogP contribution in [0.3, 0.4) is 0 Å². The van der Waals surface area contributed by atoms with Gasteiger partial charge < -0.3 is 16.4 Å². The molecule has 0 saturated carbocycles. The molecule has 0 radical (unpaired) electrons. The van der Waals surface area contributed by atoms with Gasteiger partial charge in [-0.3, -0.25) is 0 Å². The Hall–Kier alpha value is -1.26. The van der Waals surface area contributed by atoms with E-state index < -0.39 is 6.03 Å². The Labute approximate surface area is 106 Å². The second kappa shape index (κ2) is 4.94. The maximum absolute atomic E-state index is 11.2. The zero-order valence-electron chi connectivity index (χ0n) is 9.47. The van der Waals surface area contributed by atoms with Crippen molar-refractivity contribution in [3.8, 4) is 0 Å². The Bertz CT molecular complexity index is 424. The van der Waals surface area contributed by atoms with Crippen molar-refractivity contribution >= 4 is 17.6 Å². The summed E-state index contributed by atoms with van der Waals surface area (Å²) >= 11 is 5.96. The Morgan fingerprint density at radius 1 is 1.41 bits per heavy atom. The van der Waals surface area contributed by atoms with Gasteiger partial charge in [0.2, 0.25) is 0 Å². The van der Waals surface area contributed by atoms with Crippen LogP contribution in [0, 0.1) is 0 Å². The number of nitrogens with two attached hydrogens (primary N) is 2. The number of primary amides is 1. The van der Waals surface area contributed by atoms with Crippen molar-refractivity contribution in [3.05, 3.63) is 34.9 Å². The fourth-order valence-electron chi connectivity index (χ4n) is 2.32. The van der Waals surface area contributed by atoms with Gasteiger partial charge in [-0.15, -0.1) is 0 Å². The van der Waals surface area contributed by atoms with Gasteiger partial charge in [0.25, 0.3) is 0 Å². The van der Waals surface area contributed by atoms with E-state index in [1.165, 1.54) is 0 Å². The molecule has 2 atom stereocenters. The van der Waals surface area contributed by atoms with Crippen molar-refractivity contribution in [3.63, 3.8) is 0 Å². The summed E-state index contributed by atoms with van der Waals surface area (Å²) in [5.41, 5.74) is 12.4. The molecule has 0 spiro atoms. The molecule has 2 amide bonds. The number of amides is 2. The SMILES string of the molecule is NC(=O)N1CC(N)CC(c2cccc(Cl)c2)C1. The van der Waals surface area contributed by atoms with Crippen molar-refractivity contribution in [1.29, 1.82) is 0 Å². The predicted molar refractivity (Wildman–Crippen MR) is 67.9 cm³/mol. The van der Waals surface area contributed by atoms with E-state index in [4.69, 9.17) is 23.1 Å². The number of likely N-dealkylation sites (tertiary alicyclic amines) is 1. The Morgan fingerprint density at radius 3 is 2.82 bits per heavy atom. The fourth-order valence-corrected chi connectivity index (χ4v) is 2.52. The zero-order chi connectivity index (χ0) is 12.4. The van der Waals surface area contributed by atoms with Crippen LogP contribution in [0.1, 0.15) is 17.9 Å². The first-order valence-electron chi connectivity index (χ1n) is 5.61. The first-order chi connectivity index (χ1) is 8.06. The first kappa shape index (κ1) is 12.2. The van der Waals surface area contributed by atoms with Crippen molar-refractivity contribution in [2.75, 3.05) is 13.1 Å². The normalized spacial score (nSPS) is 24.7. The van der Waals surface area contributed by atoms with Crippen LogP contribution in [-0.4, -0.2) is 30.1 Å². The Morgan fingerprint density at radius 2 is 2.18 bits per heavy atom. The molecule has 1 heterocycles. The van der Waals surface area contributed by atoms with Gasteiger partial charge in [0.05, 0.1) is 0 Å². The molecule has 2 unspecified atom stereocenters. The van der Waals surface area contributed by atoms with Crippen LogP contribution in [0.25, 0.3) is 0 Å². The lowest BCUT2D eigenvalue weighted by atomic mass is 9.88. The molecule has 1 aromatic carbocycles. The van der Waals surface area contributed by atoms with Gasteiger partial charge in [-0.2, -0.15) is 0 Å². The van der Waals surface area contributed by atoms with E-state index in [-0.39, 0.29) is 12.0 Å². The summed E-state index contributed by atoms with van der Waals surface area (Å²) in [6.45, 7) is 1.15. The summed E-state index contributed by atoms with van der Waals surface area (Å²) in [6, 6.07) is 7.23. The molecule has 4 nitrogen and oxygen atoms in total. The number of nitrogens with zero attached hydrogens (tertiary/aromatic N) is 1. The lowest BCUT2D eigenvalue weighted by Gasteiger charge is -2.35. The van der Waals surface area contributed by atoms with Gasteiger partial charge in [0, 0.05) is 30.1 Å². The highest BCUT2D eigenvalue weighted by molar-refractivity contribution is 6.30. The maximum atomic E-state index is 11.2. The highest BCUT2D eigenvalue weighted by Gasteiger charge is 2.27. The number of carbonyl (C=O) groups is 1. The van der Waals surface area contributed by atoms with Crippen molar-refractivity contribution in [2.24, 2.45) is 11.5 Å². The van der Waals surface area contributed by atoms with E-state index in [1.54, 1.807) is 4.90 Å². The topological polar surface area (TPSA) is 72.4 Å². The zero-order valence-corrected chi connectivity index (χ0v) is 10.2. The molecule has 1 aromatic rings. The minimum Gasteiger partial charge on any atom is -0.351 e. The average molecular weight is 254 g/mol. The molecule has 0 aliphatic carbocycles. The van der Waals surface area contributed by atoms with Gasteiger partial charge in [-0.25, -0.2) is 4.79 Å². The molecule has 92 valence electrons. The fraction of sp³-hybridized carbons (Fsp3) is 0.417. The van der Waals surface area contributed by atoms with Crippen molar-refractivity contribution in [2.45, 2.75) is 18.4 Å². The number of rotatable bonds is 1. The van der Waals surface area contributed by atoms with E-state index in [2.05, 4.69) is 0 Å². The summed E-state index contributed by atoms with van der Waals surface area (Å²) in [6.07, 6.45) is 0.851. The van der Waals surface area contributed by atoms with Crippen molar-refractivity contribution < 1.29 is 4.79 Å². The Balaban J connectivity index is 2.18. The summed E-state index contributed by atoms with van der Waals surface area (Å²) in [5, 5.41) is 0.701. The average Bonchev–Trinajstić information content (AvgIpc) is 2.28. The lowest BCUT2D eigenvalue weighted by molar-refractivity contribution is 0.180. The van der Waals surface area contributed by atoms with Gasteiger partial charge in [0.1, 0.15) is 0 Å². The summed E-state index contributed by atoms with van der Waals surface area (Å²) in [4.78, 5) is 12.8. The third-order valence-electron chi connectivity index (χ3n) is 3.11. The number of hydrogen-bond donors (Lipinski definition) is 2. The molecule has 1 saturated heterocycles. The van der Waals surface area contributed by atoms with E-state index in [0.717, 1.165) is 12.0 Å². The van der Waals surface area contributed by atoms with Crippen LogP contribution in [-0.2, 0) is 0 Å². The smallest absolute Gasteiger partial charge is 0.314 e. The highest BCUT2D eigenvalue weighted by Crippen LogP contribution is 2.27. The van der Waals surface area contributed by atoms with Crippen LogP contribution in [0.5, 0.6) is 0 Å². The molecule has 2 rings (SSSR count). The molecule has 1 fully saturated rings. The number of benzene rings is 1. The molecule has 1 aliphatic heterocycles. The first-order valence-corrected chi connectivity index (χ1v) is 5.99. The molecule has 5 heteroatoms. The third-order valence-corrected chi connectivity index (χ3v) is 3.35. The van der Waals surface area contributed by atoms with Gasteiger partial charge in [-0.05, 0) is 24.1 Å². The predicted octanol–water partition coefficient (Wildman–Crippen LogP) is 1.54. The second-order valence-corrected chi connectivity index (χ2v) is 4.93. The van der Waals surface area contributed by atoms with Gasteiger partial charge in [-0.1, -0.05) is 23.7 Å². The minimum atomic E-state index is -0.410. The highest BCUT2D eigenvalue weighted by atomic mass is 35.5. The quantitative estimate of drug-likeness (QED) is 0.797. The number of hydrogen-bond acceptors (Lipinski definition) is 2. The third kappa shape index (κ3) is 2.90. The van der Waals surface area contributed by atoms with Crippen LogP contribution in [0.2, 0.25) is 5.02 Å². The van der Waals surface area contributed by atoms with Crippen LogP contribution < -0.4 is 11.5 Å². The molecule has 4 N–H and O–H groups in total. The monoisotopic (exact) mass is 253 g/mol. The summed E-state index contributed by atoms with van der Waals surface area (Å²) in [7, 11) is 0. The maximum Gasteiger partial charge on any atom is 0.314 e. The number of halogens is 1. The molecule has 1 aliphatic rings. The largest absolute Gasteiger partial charge is 0.351 e. The number of urea groups is 1. The summed E-state index contributed by atoms with van der Waals surface area (Å²) in [5.74, 6) is 0.213. The standard InChI is InChI=1S/C12H16ClN3O/c13-10-3-1-2-8(4-10)9-5-11(14)7-16(6-9)12(15)17/h1-4,9,11H,5-7,14H2,(H2,15,17). The second-order valence-electron chi connectivity index (χ2n) is 4.49. The van der Waals surface area contributed by atoms with Gasteiger partial charge in [0.15, 0.2) is 0 Å². The molecule has 17 heavy (non-hydrogen) atoms. The lowest BCUT2D eigenvalue weighted by Crippen LogP contribution is -2.50. The minimum absolute atomic E-state index is 0.0276. The Kier molecular flexibility index (Phi) is 3.54. The van der Waals surface area contributed by atoms with E-state index in [9.17, 15) is 4.79 Å². The van der Waals surface area contributed by atoms with E-state index in [0.29, 0.717) is 18.1 Å². The van der Waals surface area contributed by atoms with Crippen LogP contribution in [0.15, 0.2) is 24.3 Å². The van der Waals surface area contributed by atoms with Crippen molar-refractivity contribution in [1.82, 2.24) is 4.90 Å². The molecular weight excluding hydrogens is 238 g/mol. The van der Waals surface area contributed by atoms with Crippen LogP contribution >= 0.6 is 11.6 Å². The molecule has 0 bridgehead atoms. The van der Waals surface area contributed by atoms with E-state index in [1.807, 2.05) is 24.3 Å². The number of carbonyl (C=O) groups excluding carboxylic acids is 1. The summed E-state index contributed by atoms with van der Waals surface area (Å²) < 4.78 is 0. The van der Waals surface area contributed by atoms with E-state index >= 15 is 0 Å². The van der Waals surface area contributed by atoms with Gasteiger partial charge >= 0.3 is 6.03 Å². The molecule has 0 aromatic heterocycles. The van der Waals surface area contributed by atoms with Crippen LogP contribution in [0.4, 0.5) is 4.79 Å². The number of piperidine rings is 1. The molecular formula is C12H16ClN3O.